The number of nitriles is 1. The molecule has 7 nitrogen and oxygen atoms in total. The number of hydrogen-bond donors (Lipinski definition) is 4. The van der Waals surface area contributed by atoms with Crippen molar-refractivity contribution in [2.24, 2.45) is 0 Å². The predicted octanol–water partition coefficient (Wildman–Crippen LogP) is 4.90. The minimum atomic E-state index is -1.86. The predicted molar refractivity (Wildman–Crippen MR) is 134 cm³/mol. The molecule has 1 unspecified atom stereocenters. The van der Waals surface area contributed by atoms with E-state index >= 15 is 0 Å². The average Bonchev–Trinajstić information content (AvgIpc) is 2.68. The van der Waals surface area contributed by atoms with E-state index < -0.39 is 15.9 Å². The molecule has 0 saturated carbocycles. The molecule has 0 aliphatic heterocycles. The zero-order valence-corrected chi connectivity index (χ0v) is 20.6. The molecule has 4 N–H and O–H groups in total. The van der Waals surface area contributed by atoms with Crippen LogP contribution in [0.2, 0.25) is 0 Å². The van der Waals surface area contributed by atoms with Crippen molar-refractivity contribution in [1.82, 2.24) is 10.6 Å². The number of carbonyl (C=O) groups is 2. The molecule has 2 aromatic carbocycles. The van der Waals surface area contributed by atoms with Crippen LogP contribution in [0.4, 0.5) is 11.4 Å². The zero-order valence-electron chi connectivity index (χ0n) is 17.5. The summed E-state index contributed by atoms with van der Waals surface area (Å²) in [6.07, 6.45) is -1.08. The summed E-state index contributed by atoms with van der Waals surface area (Å²) in [4.78, 5) is 23.6. The summed E-state index contributed by atoms with van der Waals surface area (Å²) < 4.78 is -1.86. The van der Waals surface area contributed by atoms with Crippen LogP contribution < -0.4 is 21.3 Å². The third kappa shape index (κ3) is 10.2. The molecule has 0 saturated heterocycles. The molecule has 0 heterocycles. The second-order valence-electron chi connectivity index (χ2n) is 6.40. The third-order valence-corrected chi connectivity index (χ3v) is 4.50. The van der Waals surface area contributed by atoms with Crippen LogP contribution in [0.3, 0.4) is 0 Å². The standard InChI is InChI=1S/C19H19Cl3N4O2S.C2H3N/c1-11-4-3-5-13(10-11)16(28)25-17(19(20,21)22)26-18(29)24-15-8-6-14(7-9-15)23-12(2)27;1-2-3/h3-10,17H,1-2H3,(H,23,27)(H,25,28)(H2,24,26,29);1H3. The average molecular weight is 515 g/mol. The second-order valence-corrected chi connectivity index (χ2v) is 9.18. The number of alkyl halides is 3. The quantitative estimate of drug-likeness (QED) is 0.257. The van der Waals surface area contributed by atoms with Crippen molar-refractivity contribution in [2.75, 3.05) is 10.6 Å². The van der Waals surface area contributed by atoms with Crippen LogP contribution in [0.1, 0.15) is 29.8 Å². The van der Waals surface area contributed by atoms with Gasteiger partial charge in [0.25, 0.3) is 5.91 Å². The van der Waals surface area contributed by atoms with E-state index in [4.69, 9.17) is 52.3 Å². The maximum absolute atomic E-state index is 12.5. The van der Waals surface area contributed by atoms with E-state index in [0.717, 1.165) is 5.56 Å². The molecule has 2 aromatic rings. The van der Waals surface area contributed by atoms with Gasteiger partial charge in [0, 0.05) is 30.8 Å². The Hall–Kier alpha value is -2.57. The Balaban J connectivity index is 0.00000161. The van der Waals surface area contributed by atoms with E-state index in [-0.39, 0.29) is 11.0 Å². The van der Waals surface area contributed by atoms with Gasteiger partial charge >= 0.3 is 0 Å². The highest BCUT2D eigenvalue weighted by Crippen LogP contribution is 2.29. The Morgan fingerprint density at radius 1 is 1.03 bits per heavy atom. The number of halogens is 3. The number of hydrogen-bond acceptors (Lipinski definition) is 4. The van der Waals surface area contributed by atoms with Gasteiger partial charge in [-0.15, -0.1) is 0 Å². The van der Waals surface area contributed by atoms with Gasteiger partial charge in [-0.1, -0.05) is 52.5 Å². The van der Waals surface area contributed by atoms with Crippen LogP contribution in [0.25, 0.3) is 0 Å². The fraction of sp³-hybridized carbons (Fsp3) is 0.238. The van der Waals surface area contributed by atoms with Gasteiger partial charge in [0.05, 0.1) is 6.07 Å². The lowest BCUT2D eigenvalue weighted by Gasteiger charge is -2.28. The van der Waals surface area contributed by atoms with Crippen LogP contribution in [-0.2, 0) is 4.79 Å². The number of rotatable bonds is 5. The molecule has 0 aromatic heterocycles. The Labute approximate surface area is 207 Å². The molecule has 1 atom stereocenters. The van der Waals surface area contributed by atoms with Crippen molar-refractivity contribution in [3.8, 4) is 6.07 Å². The molecular formula is C21H22Cl3N5O2S. The molecule has 0 radical (unpaired) electrons. The lowest BCUT2D eigenvalue weighted by Crippen LogP contribution is -2.56. The minimum absolute atomic E-state index is 0.137. The van der Waals surface area contributed by atoms with Crippen LogP contribution in [0.15, 0.2) is 48.5 Å². The van der Waals surface area contributed by atoms with Gasteiger partial charge in [0.15, 0.2) is 5.11 Å². The van der Waals surface area contributed by atoms with Crippen LogP contribution in [0.5, 0.6) is 0 Å². The first-order valence-electron chi connectivity index (χ1n) is 9.16. The number of aryl methyl sites for hydroxylation is 1. The summed E-state index contributed by atoms with van der Waals surface area (Å²) in [5.41, 5.74) is 2.64. The smallest absolute Gasteiger partial charge is 0.252 e. The van der Waals surface area contributed by atoms with Crippen molar-refractivity contribution in [3.63, 3.8) is 0 Å². The molecule has 0 fully saturated rings. The number of benzene rings is 2. The van der Waals surface area contributed by atoms with Crippen molar-refractivity contribution in [2.45, 2.75) is 30.7 Å². The van der Waals surface area contributed by atoms with Gasteiger partial charge in [-0.2, -0.15) is 5.26 Å². The Kier molecular flexibility index (Phi) is 11.2. The summed E-state index contributed by atoms with van der Waals surface area (Å²) in [5, 5.41) is 18.5. The molecule has 32 heavy (non-hydrogen) atoms. The van der Waals surface area contributed by atoms with Crippen LogP contribution in [0, 0.1) is 18.3 Å². The summed E-state index contributed by atoms with van der Waals surface area (Å²) in [7, 11) is 0. The van der Waals surface area contributed by atoms with Crippen molar-refractivity contribution in [1.29, 1.82) is 5.26 Å². The first-order valence-corrected chi connectivity index (χ1v) is 10.7. The molecule has 0 aliphatic rings. The lowest BCUT2D eigenvalue weighted by molar-refractivity contribution is -0.114. The monoisotopic (exact) mass is 513 g/mol. The van der Waals surface area contributed by atoms with E-state index in [1.165, 1.54) is 13.8 Å². The highest BCUT2D eigenvalue weighted by Gasteiger charge is 2.34. The topological polar surface area (TPSA) is 106 Å². The minimum Gasteiger partial charge on any atom is -0.339 e. The lowest BCUT2D eigenvalue weighted by atomic mass is 10.1. The SMILES string of the molecule is CC#N.CC(=O)Nc1ccc(NC(=S)NC(NC(=O)c2cccc(C)c2)C(Cl)(Cl)Cl)cc1. The number of carbonyl (C=O) groups excluding carboxylic acids is 2. The summed E-state index contributed by atoms with van der Waals surface area (Å²) >= 11 is 23.3. The first kappa shape index (κ1) is 27.5. The van der Waals surface area contributed by atoms with Crippen LogP contribution >= 0.6 is 47.0 Å². The number of nitrogens with zero attached hydrogens (tertiary/aromatic N) is 1. The molecular weight excluding hydrogens is 493 g/mol. The molecule has 11 heteroatoms. The Morgan fingerprint density at radius 2 is 1.56 bits per heavy atom. The number of amides is 2. The van der Waals surface area contributed by atoms with E-state index in [2.05, 4.69) is 21.3 Å². The van der Waals surface area contributed by atoms with Crippen molar-refractivity contribution >= 4 is 75.3 Å². The molecule has 0 aliphatic carbocycles. The number of nitrogens with one attached hydrogen (secondary N) is 4. The summed E-state index contributed by atoms with van der Waals surface area (Å²) in [6.45, 7) is 4.73. The van der Waals surface area contributed by atoms with E-state index in [1.54, 1.807) is 48.5 Å². The molecule has 2 amide bonds. The summed E-state index contributed by atoms with van der Waals surface area (Å²) in [6, 6.07) is 15.6. The summed E-state index contributed by atoms with van der Waals surface area (Å²) in [5.74, 6) is -0.585. The molecule has 170 valence electrons. The Bertz CT molecular complexity index is 988. The zero-order chi connectivity index (χ0) is 24.3. The highest BCUT2D eigenvalue weighted by molar-refractivity contribution is 7.80. The van der Waals surface area contributed by atoms with Gasteiger partial charge in [-0.05, 0) is 55.5 Å². The fourth-order valence-electron chi connectivity index (χ4n) is 2.34. The highest BCUT2D eigenvalue weighted by atomic mass is 35.6. The van der Waals surface area contributed by atoms with E-state index in [1.807, 2.05) is 13.0 Å². The number of anilines is 2. The van der Waals surface area contributed by atoms with Gasteiger partial charge in [-0.25, -0.2) is 0 Å². The number of thiocarbonyl (C=S) groups is 1. The van der Waals surface area contributed by atoms with Gasteiger partial charge in [-0.3, -0.25) is 9.59 Å². The maximum atomic E-state index is 12.5. The van der Waals surface area contributed by atoms with Crippen molar-refractivity contribution in [3.05, 3.63) is 59.7 Å². The van der Waals surface area contributed by atoms with Crippen molar-refractivity contribution < 1.29 is 9.59 Å². The molecule has 2 rings (SSSR count). The van der Waals surface area contributed by atoms with Crippen LogP contribution in [-0.4, -0.2) is 26.9 Å². The third-order valence-electron chi connectivity index (χ3n) is 3.62. The maximum Gasteiger partial charge on any atom is 0.252 e. The van der Waals surface area contributed by atoms with E-state index in [9.17, 15) is 9.59 Å². The normalized spacial score (nSPS) is 11.0. The molecule has 0 spiro atoms. The van der Waals surface area contributed by atoms with Gasteiger partial charge in [0.1, 0.15) is 6.17 Å². The van der Waals surface area contributed by atoms with E-state index in [0.29, 0.717) is 16.9 Å². The molecule has 0 bridgehead atoms. The largest absolute Gasteiger partial charge is 0.339 e. The van der Waals surface area contributed by atoms with Gasteiger partial charge in [0.2, 0.25) is 9.70 Å². The first-order chi connectivity index (χ1) is 15.0. The second kappa shape index (κ2) is 13.1. The van der Waals surface area contributed by atoms with Gasteiger partial charge < -0.3 is 21.3 Å². The fourth-order valence-corrected chi connectivity index (χ4v) is 2.90. The Morgan fingerprint density at radius 3 is 2.03 bits per heavy atom.